The van der Waals surface area contributed by atoms with E-state index in [0.29, 0.717) is 22.5 Å². The van der Waals surface area contributed by atoms with Crippen molar-refractivity contribution in [3.05, 3.63) is 28.8 Å². The highest BCUT2D eigenvalue weighted by atomic mass is 35.5. The first-order valence-corrected chi connectivity index (χ1v) is 7.42. The van der Waals surface area contributed by atoms with Gasteiger partial charge in [-0.3, -0.25) is 0 Å². The SMILES string of the molecule is COC(=O)c1ccc(Cl)cc1NC1CN2CCC1CC2. The highest BCUT2D eigenvalue weighted by Gasteiger charge is 2.34. The van der Waals surface area contributed by atoms with Crippen molar-refractivity contribution >= 4 is 23.3 Å². The Hall–Kier alpha value is -1.26. The molecule has 1 N–H and O–H groups in total. The Kier molecular flexibility index (Phi) is 3.85. The minimum absolute atomic E-state index is 0.328. The lowest BCUT2D eigenvalue weighted by molar-refractivity contribution is 0.0601. The third-order valence-corrected chi connectivity index (χ3v) is 4.62. The van der Waals surface area contributed by atoms with E-state index in [0.717, 1.165) is 12.2 Å². The van der Waals surface area contributed by atoms with Crippen LogP contribution in [0.5, 0.6) is 0 Å². The normalized spacial score (nSPS) is 28.2. The fraction of sp³-hybridized carbons (Fsp3) is 0.533. The molecule has 3 aliphatic rings. The average Bonchev–Trinajstić information content (AvgIpc) is 2.48. The van der Waals surface area contributed by atoms with E-state index in [9.17, 15) is 4.79 Å². The van der Waals surface area contributed by atoms with Crippen LogP contribution in [0.15, 0.2) is 18.2 Å². The van der Waals surface area contributed by atoms with Crippen molar-refractivity contribution in [2.24, 2.45) is 5.92 Å². The van der Waals surface area contributed by atoms with Crippen LogP contribution in [0.2, 0.25) is 5.02 Å². The van der Waals surface area contributed by atoms with Gasteiger partial charge in [-0.25, -0.2) is 4.79 Å². The Morgan fingerprint density at radius 2 is 2.15 bits per heavy atom. The number of nitrogens with one attached hydrogen (secondary N) is 1. The summed E-state index contributed by atoms with van der Waals surface area (Å²) in [6.45, 7) is 3.43. The predicted octanol–water partition coefficient (Wildman–Crippen LogP) is 2.63. The zero-order valence-electron chi connectivity index (χ0n) is 11.6. The van der Waals surface area contributed by atoms with E-state index in [2.05, 4.69) is 10.2 Å². The Labute approximate surface area is 124 Å². The lowest BCUT2D eigenvalue weighted by atomic mass is 9.84. The predicted molar refractivity (Wildman–Crippen MR) is 79.4 cm³/mol. The molecule has 1 atom stereocenters. The molecule has 0 spiro atoms. The van der Waals surface area contributed by atoms with Gasteiger partial charge in [-0.15, -0.1) is 0 Å². The van der Waals surface area contributed by atoms with Crippen LogP contribution in [0, 0.1) is 5.92 Å². The third-order valence-electron chi connectivity index (χ3n) is 4.38. The number of methoxy groups -OCH3 is 1. The molecule has 108 valence electrons. The first-order chi connectivity index (χ1) is 9.67. The van der Waals surface area contributed by atoms with Gasteiger partial charge >= 0.3 is 5.97 Å². The molecule has 1 unspecified atom stereocenters. The van der Waals surface area contributed by atoms with E-state index < -0.39 is 0 Å². The maximum Gasteiger partial charge on any atom is 0.339 e. The highest BCUT2D eigenvalue weighted by molar-refractivity contribution is 6.31. The Balaban J connectivity index is 1.82. The van der Waals surface area contributed by atoms with Gasteiger partial charge in [0.2, 0.25) is 0 Å². The van der Waals surface area contributed by atoms with E-state index in [1.54, 1.807) is 12.1 Å². The smallest absolute Gasteiger partial charge is 0.339 e. The number of nitrogens with zero attached hydrogens (tertiary/aromatic N) is 1. The van der Waals surface area contributed by atoms with Crippen molar-refractivity contribution in [2.75, 3.05) is 32.1 Å². The third kappa shape index (κ3) is 2.63. The van der Waals surface area contributed by atoms with Gasteiger partial charge in [-0.1, -0.05) is 11.6 Å². The molecular weight excluding hydrogens is 276 g/mol. The lowest BCUT2D eigenvalue weighted by Gasteiger charge is -2.45. The Bertz CT molecular complexity index is 513. The Morgan fingerprint density at radius 1 is 1.40 bits per heavy atom. The van der Waals surface area contributed by atoms with Crippen molar-refractivity contribution in [3.8, 4) is 0 Å². The van der Waals surface area contributed by atoms with Gasteiger partial charge in [-0.2, -0.15) is 0 Å². The van der Waals surface area contributed by atoms with Crippen LogP contribution in [-0.2, 0) is 4.74 Å². The topological polar surface area (TPSA) is 41.6 Å². The number of rotatable bonds is 3. The number of carbonyl (C=O) groups excluding carboxylic acids is 1. The van der Waals surface area contributed by atoms with Crippen molar-refractivity contribution in [1.82, 2.24) is 4.90 Å². The summed E-state index contributed by atoms with van der Waals surface area (Å²) < 4.78 is 4.84. The zero-order valence-corrected chi connectivity index (χ0v) is 12.3. The van der Waals surface area contributed by atoms with Gasteiger partial charge in [0.05, 0.1) is 18.4 Å². The fourth-order valence-corrected chi connectivity index (χ4v) is 3.42. The molecule has 0 saturated carbocycles. The van der Waals surface area contributed by atoms with Gasteiger partial charge in [0.15, 0.2) is 0 Å². The molecule has 3 heterocycles. The number of ether oxygens (including phenoxy) is 1. The van der Waals surface area contributed by atoms with Crippen molar-refractivity contribution in [1.29, 1.82) is 0 Å². The first-order valence-electron chi connectivity index (χ1n) is 7.04. The molecule has 5 heteroatoms. The average molecular weight is 295 g/mol. The number of benzene rings is 1. The summed E-state index contributed by atoms with van der Waals surface area (Å²) in [5.41, 5.74) is 1.33. The van der Waals surface area contributed by atoms with Crippen LogP contribution in [0.1, 0.15) is 23.2 Å². The number of hydrogen-bond acceptors (Lipinski definition) is 4. The zero-order chi connectivity index (χ0) is 14.1. The van der Waals surface area contributed by atoms with E-state index in [4.69, 9.17) is 16.3 Å². The van der Waals surface area contributed by atoms with Gasteiger partial charge in [0.25, 0.3) is 0 Å². The van der Waals surface area contributed by atoms with Crippen LogP contribution in [-0.4, -0.2) is 43.7 Å². The number of anilines is 1. The van der Waals surface area contributed by atoms with E-state index in [1.807, 2.05) is 6.07 Å². The molecule has 0 aliphatic carbocycles. The quantitative estimate of drug-likeness (QED) is 0.870. The summed E-state index contributed by atoms with van der Waals surface area (Å²) in [5, 5.41) is 4.14. The fourth-order valence-electron chi connectivity index (χ4n) is 3.25. The maximum atomic E-state index is 11.8. The monoisotopic (exact) mass is 294 g/mol. The van der Waals surface area contributed by atoms with E-state index in [1.165, 1.54) is 33.0 Å². The number of carbonyl (C=O) groups is 1. The molecule has 4 nitrogen and oxygen atoms in total. The lowest BCUT2D eigenvalue weighted by Crippen LogP contribution is -2.53. The van der Waals surface area contributed by atoms with Crippen molar-refractivity contribution < 1.29 is 9.53 Å². The largest absolute Gasteiger partial charge is 0.465 e. The van der Waals surface area contributed by atoms with E-state index in [-0.39, 0.29) is 5.97 Å². The molecule has 4 rings (SSSR count). The summed E-state index contributed by atoms with van der Waals surface area (Å²) in [4.78, 5) is 14.3. The molecule has 3 saturated heterocycles. The summed E-state index contributed by atoms with van der Waals surface area (Å²) in [7, 11) is 1.40. The summed E-state index contributed by atoms with van der Waals surface area (Å²) >= 11 is 6.06. The van der Waals surface area contributed by atoms with Crippen molar-refractivity contribution in [2.45, 2.75) is 18.9 Å². The van der Waals surface area contributed by atoms with Crippen LogP contribution >= 0.6 is 11.6 Å². The van der Waals surface area contributed by atoms with E-state index >= 15 is 0 Å². The van der Waals surface area contributed by atoms with Crippen molar-refractivity contribution in [3.63, 3.8) is 0 Å². The number of esters is 1. The van der Waals surface area contributed by atoms with Gasteiger partial charge in [-0.05, 0) is 50.0 Å². The summed E-state index contributed by atoms with van der Waals surface area (Å²) in [6, 6.07) is 5.64. The number of hydrogen-bond donors (Lipinski definition) is 1. The molecule has 0 radical (unpaired) electrons. The second kappa shape index (κ2) is 5.62. The highest BCUT2D eigenvalue weighted by Crippen LogP contribution is 2.31. The van der Waals surface area contributed by atoms with Crippen LogP contribution in [0.3, 0.4) is 0 Å². The summed E-state index contributed by atoms with van der Waals surface area (Å²) in [6.07, 6.45) is 2.46. The second-order valence-electron chi connectivity index (χ2n) is 5.57. The molecule has 3 fully saturated rings. The standard InChI is InChI=1S/C15H19ClN2O2/c1-20-15(19)12-3-2-11(16)8-13(12)17-14-9-18-6-4-10(14)5-7-18/h2-3,8,10,14,17H,4-7,9H2,1H3. The minimum atomic E-state index is -0.328. The molecule has 0 amide bonds. The molecule has 20 heavy (non-hydrogen) atoms. The van der Waals surface area contributed by atoms with Crippen LogP contribution in [0.4, 0.5) is 5.69 Å². The molecule has 1 aromatic rings. The number of fused-ring (bicyclic) bond motifs is 3. The first kappa shape index (κ1) is 13.7. The maximum absolute atomic E-state index is 11.8. The second-order valence-corrected chi connectivity index (χ2v) is 6.01. The molecule has 0 aromatic heterocycles. The molecule has 1 aromatic carbocycles. The van der Waals surface area contributed by atoms with Gasteiger partial charge < -0.3 is 15.0 Å². The molecule has 3 aliphatic heterocycles. The van der Waals surface area contributed by atoms with Gasteiger partial charge in [0.1, 0.15) is 0 Å². The number of piperidine rings is 3. The van der Waals surface area contributed by atoms with Crippen LogP contribution < -0.4 is 5.32 Å². The molecule has 2 bridgehead atoms. The van der Waals surface area contributed by atoms with Crippen LogP contribution in [0.25, 0.3) is 0 Å². The number of halogens is 1. The Morgan fingerprint density at radius 3 is 2.75 bits per heavy atom. The molecular formula is C15H19ClN2O2. The minimum Gasteiger partial charge on any atom is -0.465 e. The summed E-state index contributed by atoms with van der Waals surface area (Å²) in [5.74, 6) is 0.356. The van der Waals surface area contributed by atoms with Gasteiger partial charge in [0, 0.05) is 17.6 Å².